The van der Waals surface area contributed by atoms with Gasteiger partial charge in [-0.1, -0.05) is 43.0 Å². The van der Waals surface area contributed by atoms with Crippen molar-refractivity contribution in [3.8, 4) is 5.75 Å². The van der Waals surface area contributed by atoms with Crippen molar-refractivity contribution in [1.82, 2.24) is 0 Å². The van der Waals surface area contributed by atoms with Gasteiger partial charge in [0.2, 0.25) is 0 Å². The van der Waals surface area contributed by atoms with Gasteiger partial charge in [0.25, 0.3) is 0 Å². The quantitative estimate of drug-likeness (QED) is 0.710. The van der Waals surface area contributed by atoms with Gasteiger partial charge in [0.15, 0.2) is 0 Å². The second-order valence-electron chi connectivity index (χ2n) is 5.57. The van der Waals surface area contributed by atoms with Crippen LogP contribution in [0.1, 0.15) is 31.1 Å². The molecule has 0 radical (unpaired) electrons. The lowest BCUT2D eigenvalue weighted by Crippen LogP contribution is -2.13. The van der Waals surface area contributed by atoms with E-state index in [2.05, 4.69) is 50.0 Å². The predicted octanol–water partition coefficient (Wildman–Crippen LogP) is 4.81. The van der Waals surface area contributed by atoms with Gasteiger partial charge < -0.3 is 14.8 Å². The highest BCUT2D eigenvalue weighted by atomic mass is 16.5. The van der Waals surface area contributed by atoms with Gasteiger partial charge in [0, 0.05) is 18.3 Å². The summed E-state index contributed by atoms with van der Waals surface area (Å²) >= 11 is 0. The molecule has 3 heteroatoms. The van der Waals surface area contributed by atoms with Crippen LogP contribution in [0.15, 0.2) is 61.2 Å². The molecule has 0 aliphatic carbocycles. The zero-order chi connectivity index (χ0) is 16.7. The maximum Gasteiger partial charge on any atom is 0.119 e. The minimum absolute atomic E-state index is 0.118. The molecule has 0 aliphatic heterocycles. The molecular weight excluding hydrogens is 286 g/mol. The van der Waals surface area contributed by atoms with E-state index in [1.54, 1.807) is 6.08 Å². The Morgan fingerprint density at radius 1 is 1.09 bits per heavy atom. The van der Waals surface area contributed by atoms with Gasteiger partial charge in [-0.05, 0) is 37.6 Å². The fourth-order valence-electron chi connectivity index (χ4n) is 2.45. The number of hydrogen-bond acceptors (Lipinski definition) is 3. The third-order valence-corrected chi connectivity index (χ3v) is 3.47. The van der Waals surface area contributed by atoms with Crippen molar-refractivity contribution in [2.45, 2.75) is 26.1 Å². The van der Waals surface area contributed by atoms with Crippen molar-refractivity contribution in [2.24, 2.45) is 0 Å². The highest BCUT2D eigenvalue weighted by Gasteiger charge is 2.19. The van der Waals surface area contributed by atoms with Crippen molar-refractivity contribution in [2.75, 3.05) is 19.0 Å². The molecule has 2 aromatic carbocycles. The Morgan fingerprint density at radius 2 is 1.78 bits per heavy atom. The first kappa shape index (κ1) is 17.1. The van der Waals surface area contributed by atoms with Gasteiger partial charge in [0.05, 0.1) is 6.10 Å². The van der Waals surface area contributed by atoms with E-state index in [1.165, 1.54) is 0 Å². The minimum Gasteiger partial charge on any atom is -0.490 e. The number of ether oxygens (including phenoxy) is 2. The SMILES string of the molecule is C=CCOc1ccc([C@H](OC(C)C)c2ccccc2NC)cc1. The Bertz CT molecular complexity index is 620. The van der Waals surface area contributed by atoms with E-state index in [-0.39, 0.29) is 12.2 Å². The molecule has 2 rings (SSSR count). The molecule has 0 bridgehead atoms. The van der Waals surface area contributed by atoms with Crippen LogP contribution in [0.2, 0.25) is 0 Å². The zero-order valence-corrected chi connectivity index (χ0v) is 14.1. The first-order valence-electron chi connectivity index (χ1n) is 7.91. The van der Waals surface area contributed by atoms with Gasteiger partial charge in [-0.2, -0.15) is 0 Å². The molecule has 0 aromatic heterocycles. The van der Waals surface area contributed by atoms with Crippen molar-refractivity contribution in [3.63, 3.8) is 0 Å². The first-order valence-corrected chi connectivity index (χ1v) is 7.91. The van der Waals surface area contributed by atoms with E-state index in [0.717, 1.165) is 22.6 Å². The number of benzene rings is 2. The maximum absolute atomic E-state index is 6.19. The summed E-state index contributed by atoms with van der Waals surface area (Å²) in [5, 5.41) is 3.24. The minimum atomic E-state index is -0.118. The van der Waals surface area contributed by atoms with Crippen LogP contribution in [0.5, 0.6) is 5.75 Å². The smallest absolute Gasteiger partial charge is 0.119 e. The molecular formula is C20H25NO2. The molecule has 0 saturated carbocycles. The molecule has 0 unspecified atom stereocenters. The Hall–Kier alpha value is -2.26. The number of para-hydroxylation sites is 1. The van der Waals surface area contributed by atoms with E-state index >= 15 is 0 Å². The average molecular weight is 311 g/mol. The van der Waals surface area contributed by atoms with Gasteiger partial charge in [-0.25, -0.2) is 0 Å². The summed E-state index contributed by atoms with van der Waals surface area (Å²) in [6.45, 7) is 8.27. The van der Waals surface area contributed by atoms with Crippen LogP contribution in [-0.2, 0) is 4.74 Å². The molecule has 23 heavy (non-hydrogen) atoms. The predicted molar refractivity (Wildman–Crippen MR) is 96.2 cm³/mol. The second kappa shape index (κ2) is 8.39. The average Bonchev–Trinajstić information content (AvgIpc) is 2.58. The monoisotopic (exact) mass is 311 g/mol. The third kappa shape index (κ3) is 4.60. The summed E-state index contributed by atoms with van der Waals surface area (Å²) in [5.41, 5.74) is 3.31. The number of hydrogen-bond donors (Lipinski definition) is 1. The highest BCUT2D eigenvalue weighted by molar-refractivity contribution is 5.54. The Labute approximate surface area is 138 Å². The summed E-state index contributed by atoms with van der Waals surface area (Å²) in [5.74, 6) is 0.832. The molecule has 0 saturated heterocycles. The Balaban J connectivity index is 2.33. The number of anilines is 1. The number of rotatable bonds is 8. The molecule has 0 amide bonds. The normalized spacial score (nSPS) is 12.0. The molecule has 0 fully saturated rings. The van der Waals surface area contributed by atoms with Crippen LogP contribution in [0.4, 0.5) is 5.69 Å². The van der Waals surface area contributed by atoms with E-state index in [0.29, 0.717) is 6.61 Å². The second-order valence-corrected chi connectivity index (χ2v) is 5.57. The lowest BCUT2D eigenvalue weighted by molar-refractivity contribution is 0.0307. The summed E-state index contributed by atoms with van der Waals surface area (Å²) in [6.07, 6.45) is 1.75. The van der Waals surface area contributed by atoms with Crippen LogP contribution in [0.3, 0.4) is 0 Å². The maximum atomic E-state index is 6.19. The van der Waals surface area contributed by atoms with Gasteiger partial charge >= 0.3 is 0 Å². The summed E-state index contributed by atoms with van der Waals surface area (Å²) in [4.78, 5) is 0. The lowest BCUT2D eigenvalue weighted by atomic mass is 9.99. The van der Waals surface area contributed by atoms with Gasteiger partial charge in [-0.3, -0.25) is 0 Å². The summed E-state index contributed by atoms with van der Waals surface area (Å²) in [7, 11) is 1.93. The Morgan fingerprint density at radius 3 is 2.39 bits per heavy atom. The van der Waals surface area contributed by atoms with Crippen LogP contribution < -0.4 is 10.1 Å². The Kier molecular flexibility index (Phi) is 6.24. The standard InChI is InChI=1S/C20H25NO2/c1-5-14-22-17-12-10-16(11-13-17)20(23-15(2)3)18-8-6-7-9-19(18)21-4/h5-13,15,20-21H,1,14H2,2-4H3/t20-/m0/s1. The largest absolute Gasteiger partial charge is 0.490 e. The summed E-state index contributed by atoms with van der Waals surface area (Å²) < 4.78 is 11.7. The van der Waals surface area contributed by atoms with E-state index in [1.807, 2.05) is 31.3 Å². The highest BCUT2D eigenvalue weighted by Crippen LogP contribution is 2.33. The van der Waals surface area contributed by atoms with Crippen molar-refractivity contribution in [3.05, 3.63) is 72.3 Å². The van der Waals surface area contributed by atoms with Crippen molar-refractivity contribution < 1.29 is 9.47 Å². The molecule has 0 heterocycles. The van der Waals surface area contributed by atoms with E-state index in [9.17, 15) is 0 Å². The molecule has 2 aromatic rings. The topological polar surface area (TPSA) is 30.5 Å². The third-order valence-electron chi connectivity index (χ3n) is 3.47. The van der Waals surface area contributed by atoms with Crippen LogP contribution in [0.25, 0.3) is 0 Å². The number of nitrogens with one attached hydrogen (secondary N) is 1. The van der Waals surface area contributed by atoms with Crippen molar-refractivity contribution >= 4 is 5.69 Å². The molecule has 1 atom stereocenters. The first-order chi connectivity index (χ1) is 11.2. The molecule has 0 spiro atoms. The fourth-order valence-corrected chi connectivity index (χ4v) is 2.45. The molecule has 0 aliphatic rings. The van der Waals surface area contributed by atoms with Crippen LogP contribution >= 0.6 is 0 Å². The van der Waals surface area contributed by atoms with Crippen LogP contribution in [-0.4, -0.2) is 19.8 Å². The van der Waals surface area contributed by atoms with E-state index < -0.39 is 0 Å². The molecule has 122 valence electrons. The summed E-state index contributed by atoms with van der Waals surface area (Å²) in [6, 6.07) is 16.3. The fraction of sp³-hybridized carbons (Fsp3) is 0.300. The van der Waals surface area contributed by atoms with Gasteiger partial charge in [0.1, 0.15) is 18.5 Å². The zero-order valence-electron chi connectivity index (χ0n) is 14.1. The van der Waals surface area contributed by atoms with Gasteiger partial charge in [-0.15, -0.1) is 0 Å². The molecule has 1 N–H and O–H groups in total. The van der Waals surface area contributed by atoms with Crippen molar-refractivity contribution in [1.29, 1.82) is 0 Å². The van der Waals surface area contributed by atoms with Crippen LogP contribution in [0, 0.1) is 0 Å². The lowest BCUT2D eigenvalue weighted by Gasteiger charge is -2.24. The molecule has 3 nitrogen and oxygen atoms in total. The van der Waals surface area contributed by atoms with E-state index in [4.69, 9.17) is 9.47 Å².